The molecular weight excluding hydrogens is 777 g/mol. The van der Waals surface area contributed by atoms with Crippen molar-refractivity contribution in [2.75, 3.05) is 9.80 Å². The van der Waals surface area contributed by atoms with E-state index in [1.165, 1.54) is 61.4 Å². The van der Waals surface area contributed by atoms with E-state index in [1.807, 2.05) is 12.1 Å². The number of hydrogen-bond donors (Lipinski definition) is 0. The SMILES string of the molecule is c1ccc(-c2ccc(N(c3ccc(-c4ccc5c(c4)C4(c6ccccc6-5)c5ccccc5N(c5ccccc5)c5ccccc54)cc3)c3ccc4oc5ccccc5c4c3)cc2)cc1. The molecule has 13 rings (SSSR count). The highest BCUT2D eigenvalue weighted by Gasteiger charge is 2.51. The van der Waals surface area contributed by atoms with E-state index in [-0.39, 0.29) is 0 Å². The van der Waals surface area contributed by atoms with Gasteiger partial charge >= 0.3 is 0 Å². The third kappa shape index (κ3) is 5.41. The molecule has 0 bridgehead atoms. The second kappa shape index (κ2) is 14.3. The monoisotopic (exact) mass is 816 g/mol. The van der Waals surface area contributed by atoms with Crippen molar-refractivity contribution in [1.82, 2.24) is 0 Å². The third-order valence-electron chi connectivity index (χ3n) is 13.5. The molecule has 1 aliphatic heterocycles. The highest BCUT2D eigenvalue weighted by atomic mass is 16.3. The highest BCUT2D eigenvalue weighted by Crippen LogP contribution is 2.63. The van der Waals surface area contributed by atoms with Crippen LogP contribution in [0.2, 0.25) is 0 Å². The van der Waals surface area contributed by atoms with Gasteiger partial charge in [0.05, 0.1) is 16.8 Å². The van der Waals surface area contributed by atoms with Gasteiger partial charge in [-0.15, -0.1) is 0 Å². The molecule has 300 valence electrons. The second-order valence-corrected chi connectivity index (χ2v) is 16.8. The lowest BCUT2D eigenvalue weighted by molar-refractivity contribution is 0.669. The zero-order chi connectivity index (χ0) is 42.2. The molecule has 10 aromatic carbocycles. The van der Waals surface area contributed by atoms with E-state index >= 15 is 0 Å². The van der Waals surface area contributed by atoms with Crippen molar-refractivity contribution in [3.63, 3.8) is 0 Å². The van der Waals surface area contributed by atoms with Crippen molar-refractivity contribution in [1.29, 1.82) is 0 Å². The zero-order valence-electron chi connectivity index (χ0n) is 34.9. The van der Waals surface area contributed by atoms with Crippen LogP contribution < -0.4 is 9.80 Å². The van der Waals surface area contributed by atoms with Crippen molar-refractivity contribution in [3.8, 4) is 33.4 Å². The van der Waals surface area contributed by atoms with Crippen molar-refractivity contribution in [3.05, 3.63) is 265 Å². The molecule has 3 nitrogen and oxygen atoms in total. The van der Waals surface area contributed by atoms with E-state index < -0.39 is 5.41 Å². The molecule has 0 radical (unpaired) electrons. The summed E-state index contributed by atoms with van der Waals surface area (Å²) in [6.45, 7) is 0. The van der Waals surface area contributed by atoms with Gasteiger partial charge in [-0.3, -0.25) is 0 Å². The number of rotatable bonds is 6. The molecule has 11 aromatic rings. The van der Waals surface area contributed by atoms with Crippen molar-refractivity contribution in [2.24, 2.45) is 0 Å². The number of furan rings is 1. The van der Waals surface area contributed by atoms with Gasteiger partial charge in [-0.1, -0.05) is 164 Å². The molecule has 0 atom stereocenters. The van der Waals surface area contributed by atoms with Crippen LogP contribution in [0.25, 0.3) is 55.3 Å². The maximum absolute atomic E-state index is 6.27. The largest absolute Gasteiger partial charge is 0.456 e. The Morgan fingerprint density at radius 1 is 0.328 bits per heavy atom. The van der Waals surface area contributed by atoms with Crippen LogP contribution in [0.5, 0.6) is 0 Å². The first kappa shape index (κ1) is 36.3. The summed E-state index contributed by atoms with van der Waals surface area (Å²) in [5.41, 5.74) is 20.5. The van der Waals surface area contributed by atoms with Crippen LogP contribution in [0.4, 0.5) is 34.1 Å². The first-order valence-electron chi connectivity index (χ1n) is 22.0. The van der Waals surface area contributed by atoms with E-state index in [0.717, 1.165) is 50.3 Å². The summed E-state index contributed by atoms with van der Waals surface area (Å²) in [7, 11) is 0. The van der Waals surface area contributed by atoms with Gasteiger partial charge in [0.15, 0.2) is 0 Å². The van der Waals surface area contributed by atoms with Crippen LogP contribution in [0.3, 0.4) is 0 Å². The molecule has 2 heterocycles. The minimum absolute atomic E-state index is 0.515. The molecule has 0 amide bonds. The van der Waals surface area contributed by atoms with Gasteiger partial charge in [-0.05, 0) is 134 Å². The van der Waals surface area contributed by atoms with Crippen LogP contribution in [0, 0.1) is 0 Å². The van der Waals surface area contributed by atoms with Crippen LogP contribution in [0.15, 0.2) is 247 Å². The smallest absolute Gasteiger partial charge is 0.135 e. The fourth-order valence-corrected chi connectivity index (χ4v) is 10.7. The van der Waals surface area contributed by atoms with E-state index in [9.17, 15) is 0 Å². The summed E-state index contributed by atoms with van der Waals surface area (Å²) in [5, 5.41) is 2.21. The predicted octanol–water partition coefficient (Wildman–Crippen LogP) is 16.5. The fraction of sp³-hybridized carbons (Fsp3) is 0.0164. The average Bonchev–Trinajstić information content (AvgIpc) is 3.88. The zero-order valence-corrected chi connectivity index (χ0v) is 34.9. The van der Waals surface area contributed by atoms with E-state index in [1.54, 1.807) is 0 Å². The van der Waals surface area contributed by atoms with E-state index in [4.69, 9.17) is 4.42 Å². The van der Waals surface area contributed by atoms with Crippen LogP contribution in [0.1, 0.15) is 22.3 Å². The summed E-state index contributed by atoms with van der Waals surface area (Å²) in [4.78, 5) is 4.79. The van der Waals surface area contributed by atoms with Gasteiger partial charge in [0.1, 0.15) is 11.2 Å². The number of nitrogens with zero attached hydrogens (tertiary/aromatic N) is 2. The summed E-state index contributed by atoms with van der Waals surface area (Å²) < 4.78 is 6.27. The molecule has 0 unspecified atom stereocenters. The van der Waals surface area contributed by atoms with Crippen LogP contribution in [-0.4, -0.2) is 0 Å². The Kier molecular flexibility index (Phi) is 8.13. The summed E-state index contributed by atoms with van der Waals surface area (Å²) in [6, 6.07) is 88.3. The third-order valence-corrected chi connectivity index (χ3v) is 13.5. The molecule has 3 heteroatoms. The molecule has 2 aliphatic rings. The van der Waals surface area contributed by atoms with Crippen LogP contribution >= 0.6 is 0 Å². The lowest BCUT2D eigenvalue weighted by Crippen LogP contribution is -2.36. The summed E-state index contributed by atoms with van der Waals surface area (Å²) >= 11 is 0. The first-order chi connectivity index (χ1) is 31.7. The molecule has 0 N–H and O–H groups in total. The van der Waals surface area contributed by atoms with Crippen molar-refractivity contribution < 1.29 is 4.42 Å². The Labute approximate surface area is 372 Å². The standard InChI is InChI=1S/C61H40N2O/c1-3-15-41(16-4-1)42-27-32-46(33-28-42)62(48-36-38-60-52(40-48)51-20-8-14-26-59(51)64-60)47-34-29-43(30-35-47)44-31-37-50-49-19-7-9-21-53(49)61(56(50)39-44)54-22-10-12-24-57(54)63(45-17-5-2-6-18-45)58-25-13-11-23-55(58)61/h1-40H. The fourth-order valence-electron chi connectivity index (χ4n) is 10.7. The molecular formula is C61H40N2O. The normalized spacial score (nSPS) is 13.1. The lowest BCUT2D eigenvalue weighted by atomic mass is 9.64. The summed E-state index contributed by atoms with van der Waals surface area (Å²) in [5.74, 6) is 0. The lowest BCUT2D eigenvalue weighted by Gasteiger charge is -2.45. The minimum Gasteiger partial charge on any atom is -0.456 e. The first-order valence-corrected chi connectivity index (χ1v) is 22.0. The maximum atomic E-state index is 6.27. The predicted molar refractivity (Wildman–Crippen MR) is 265 cm³/mol. The van der Waals surface area contributed by atoms with E-state index in [0.29, 0.717) is 0 Å². The van der Waals surface area contributed by atoms with Gasteiger partial charge in [-0.25, -0.2) is 0 Å². The van der Waals surface area contributed by atoms with Gasteiger partial charge in [-0.2, -0.15) is 0 Å². The van der Waals surface area contributed by atoms with Gasteiger partial charge in [0.25, 0.3) is 0 Å². The van der Waals surface area contributed by atoms with Crippen molar-refractivity contribution in [2.45, 2.75) is 5.41 Å². The van der Waals surface area contributed by atoms with Gasteiger partial charge in [0, 0.05) is 33.5 Å². The Morgan fingerprint density at radius 3 is 1.53 bits per heavy atom. The second-order valence-electron chi connectivity index (χ2n) is 16.8. The highest BCUT2D eigenvalue weighted by molar-refractivity contribution is 6.06. The summed E-state index contributed by atoms with van der Waals surface area (Å²) in [6.07, 6.45) is 0. The Bertz CT molecular complexity index is 3510. The van der Waals surface area contributed by atoms with Crippen molar-refractivity contribution >= 4 is 56.1 Å². The molecule has 0 saturated heterocycles. The number of benzene rings is 10. The minimum atomic E-state index is -0.515. The number of anilines is 6. The molecule has 64 heavy (non-hydrogen) atoms. The number of fused-ring (bicyclic) bond motifs is 12. The van der Waals surface area contributed by atoms with E-state index in [2.05, 4.69) is 240 Å². The maximum Gasteiger partial charge on any atom is 0.135 e. The quantitative estimate of drug-likeness (QED) is 0.167. The van der Waals surface area contributed by atoms with Gasteiger partial charge in [0.2, 0.25) is 0 Å². The molecule has 1 spiro atoms. The van der Waals surface area contributed by atoms with Gasteiger partial charge < -0.3 is 14.2 Å². The number of para-hydroxylation sites is 4. The topological polar surface area (TPSA) is 19.6 Å². The Balaban J connectivity index is 0.953. The number of hydrogen-bond acceptors (Lipinski definition) is 3. The molecule has 1 aromatic heterocycles. The molecule has 1 aliphatic carbocycles. The average molecular weight is 817 g/mol. The Morgan fingerprint density at radius 2 is 0.828 bits per heavy atom. The van der Waals surface area contributed by atoms with Crippen LogP contribution in [-0.2, 0) is 5.41 Å². The Hall–Kier alpha value is -8.40. The molecule has 0 saturated carbocycles. The molecule has 0 fully saturated rings.